The van der Waals surface area contributed by atoms with E-state index in [-0.39, 0.29) is 46.5 Å². The summed E-state index contributed by atoms with van der Waals surface area (Å²) < 4.78 is 26.9. The molecule has 1 aliphatic carbocycles. The van der Waals surface area contributed by atoms with Crippen LogP contribution in [0.4, 0.5) is 0 Å². The molecule has 8 nitrogen and oxygen atoms in total. The Morgan fingerprint density at radius 3 is 2.41 bits per heavy atom. The van der Waals surface area contributed by atoms with Crippen molar-refractivity contribution in [3.05, 3.63) is 64.1 Å². The van der Waals surface area contributed by atoms with Crippen LogP contribution in [0.2, 0.25) is 10.0 Å². The third-order valence-corrected chi connectivity index (χ3v) is 10.4. The highest BCUT2D eigenvalue weighted by atomic mass is 35.5. The summed E-state index contributed by atoms with van der Waals surface area (Å²) >= 11 is 12.0. The summed E-state index contributed by atoms with van der Waals surface area (Å²) in [6.07, 6.45) is 2.32. The number of halogens is 2. The van der Waals surface area contributed by atoms with Crippen LogP contribution in [-0.2, 0) is 14.6 Å². The van der Waals surface area contributed by atoms with Gasteiger partial charge >= 0.3 is 0 Å². The fourth-order valence-corrected chi connectivity index (χ4v) is 7.74. The fourth-order valence-electron chi connectivity index (χ4n) is 5.76. The molecule has 212 valence electrons. The van der Waals surface area contributed by atoms with Gasteiger partial charge in [-0.25, -0.2) is 13.5 Å². The van der Waals surface area contributed by atoms with Crippen molar-refractivity contribution in [2.75, 3.05) is 19.3 Å². The zero-order valence-corrected chi connectivity index (χ0v) is 24.7. The molecule has 11 heteroatoms. The van der Waals surface area contributed by atoms with E-state index in [1.807, 2.05) is 7.05 Å². The lowest BCUT2D eigenvalue weighted by atomic mass is 9.81. The zero-order chi connectivity index (χ0) is 28.5. The average molecular weight is 597 g/mol. The van der Waals surface area contributed by atoms with Crippen LogP contribution in [0.5, 0.6) is 0 Å². The summed E-state index contributed by atoms with van der Waals surface area (Å²) in [5.74, 6) is -1.51. The Morgan fingerprint density at radius 2 is 1.77 bits per heavy atom. The number of benzene rings is 2. The molecule has 1 saturated carbocycles. The maximum absolute atomic E-state index is 13.6. The lowest BCUT2D eigenvalue weighted by Crippen LogP contribution is -2.53. The minimum absolute atomic E-state index is 0.111. The van der Waals surface area contributed by atoms with Crippen LogP contribution in [0.25, 0.3) is 0 Å². The topological polar surface area (TPSA) is 98.2 Å². The van der Waals surface area contributed by atoms with E-state index in [1.165, 1.54) is 24.3 Å². The van der Waals surface area contributed by atoms with Gasteiger partial charge < -0.3 is 9.80 Å². The average Bonchev–Trinajstić information content (AvgIpc) is 3.28. The van der Waals surface area contributed by atoms with Gasteiger partial charge in [-0.3, -0.25) is 14.8 Å². The van der Waals surface area contributed by atoms with Crippen molar-refractivity contribution < 1.29 is 23.2 Å². The van der Waals surface area contributed by atoms with Gasteiger partial charge in [0.2, 0.25) is 5.91 Å². The number of amides is 2. The number of hydrogen-bond donors (Lipinski definition) is 1. The van der Waals surface area contributed by atoms with E-state index in [2.05, 4.69) is 18.7 Å². The monoisotopic (exact) mass is 595 g/mol. The number of nitrogens with zero attached hydrogens (tertiary/aromatic N) is 3. The smallest absolute Gasteiger partial charge is 0.278 e. The molecule has 1 heterocycles. The van der Waals surface area contributed by atoms with Crippen LogP contribution in [0, 0.1) is 5.92 Å². The Labute approximate surface area is 240 Å². The number of carbonyl (C=O) groups is 2. The van der Waals surface area contributed by atoms with Gasteiger partial charge in [-0.1, -0.05) is 29.3 Å². The highest BCUT2D eigenvalue weighted by molar-refractivity contribution is 7.91. The number of likely N-dealkylation sites (tertiary alicyclic amines) is 1. The first-order valence-electron chi connectivity index (χ1n) is 13.2. The molecular formula is C28H35Cl2N3O5S. The van der Waals surface area contributed by atoms with Crippen molar-refractivity contribution in [3.8, 4) is 0 Å². The van der Waals surface area contributed by atoms with Gasteiger partial charge in [0, 0.05) is 40.3 Å². The summed E-state index contributed by atoms with van der Waals surface area (Å²) in [6, 6.07) is 11.4. The highest BCUT2D eigenvalue weighted by Gasteiger charge is 2.46. The predicted octanol–water partition coefficient (Wildman–Crippen LogP) is 4.78. The Kier molecular flexibility index (Phi) is 9.28. The van der Waals surface area contributed by atoms with E-state index in [4.69, 9.17) is 23.2 Å². The lowest BCUT2D eigenvalue weighted by Gasteiger charge is -2.44. The molecule has 0 aromatic heterocycles. The van der Waals surface area contributed by atoms with E-state index in [9.17, 15) is 23.2 Å². The summed E-state index contributed by atoms with van der Waals surface area (Å²) in [6.45, 7) is 4.54. The highest BCUT2D eigenvalue weighted by Crippen LogP contribution is 2.36. The minimum atomic E-state index is -3.65. The second-order valence-corrected chi connectivity index (χ2v) is 13.7. The van der Waals surface area contributed by atoms with Gasteiger partial charge in [-0.15, -0.1) is 0 Å². The lowest BCUT2D eigenvalue weighted by molar-refractivity contribution is -0.147. The Hall–Kier alpha value is -2.17. The van der Waals surface area contributed by atoms with Crippen LogP contribution >= 0.6 is 23.2 Å². The third kappa shape index (κ3) is 6.60. The van der Waals surface area contributed by atoms with Crippen LogP contribution in [0.15, 0.2) is 53.4 Å². The Morgan fingerprint density at radius 1 is 1.08 bits per heavy atom. The minimum Gasteiger partial charge on any atom is -0.337 e. The molecule has 2 amide bonds. The SMILES string of the molecule is CC(C)N(C)[C@@H]1CC[C@H](N2CCC(N(O)C(=O)c3cccc(Cl)c3)C2=O)[C@H](CS(=O)(=O)c2ccc(Cl)cc2)C1. The molecule has 4 rings (SSSR count). The van der Waals surface area contributed by atoms with Crippen molar-refractivity contribution in [1.82, 2.24) is 14.9 Å². The van der Waals surface area contributed by atoms with Crippen molar-refractivity contribution in [3.63, 3.8) is 0 Å². The third-order valence-electron chi connectivity index (χ3n) is 8.10. The van der Waals surface area contributed by atoms with Crippen LogP contribution < -0.4 is 0 Å². The van der Waals surface area contributed by atoms with E-state index >= 15 is 0 Å². The molecule has 39 heavy (non-hydrogen) atoms. The quantitative estimate of drug-likeness (QED) is 0.348. The van der Waals surface area contributed by atoms with Gasteiger partial charge in [0.1, 0.15) is 6.04 Å². The van der Waals surface area contributed by atoms with Gasteiger partial charge in [-0.05, 0) is 95.0 Å². The standard InChI is InChI=1S/C28H35Cl2N3O5S/c1-18(2)31(3)23-9-12-25(20(16-23)17-39(37,38)24-10-7-21(29)8-11-24)32-14-13-26(28(32)35)33(36)27(34)19-5-4-6-22(30)15-19/h4-8,10-11,15,18,20,23,25-26,36H,9,12-14,16-17H2,1-3H3/t20-,23+,25-,26?/m0/s1. The maximum atomic E-state index is 13.6. The molecule has 2 fully saturated rings. The largest absolute Gasteiger partial charge is 0.337 e. The van der Waals surface area contributed by atoms with Crippen molar-refractivity contribution >= 4 is 44.9 Å². The van der Waals surface area contributed by atoms with Crippen LogP contribution in [-0.4, -0.2) is 83.8 Å². The molecule has 2 aliphatic rings. The first-order chi connectivity index (χ1) is 18.4. The molecule has 2 aromatic rings. The second kappa shape index (κ2) is 12.1. The number of carbonyl (C=O) groups excluding carboxylic acids is 2. The van der Waals surface area contributed by atoms with Crippen molar-refractivity contribution in [1.29, 1.82) is 0 Å². The molecule has 4 atom stereocenters. The Bertz CT molecular complexity index is 1300. The molecule has 0 radical (unpaired) electrons. The van der Waals surface area contributed by atoms with Gasteiger partial charge in [0.15, 0.2) is 9.84 Å². The fraction of sp³-hybridized carbons (Fsp3) is 0.500. The molecular weight excluding hydrogens is 561 g/mol. The zero-order valence-electron chi connectivity index (χ0n) is 22.3. The van der Waals surface area contributed by atoms with Gasteiger partial charge in [0.05, 0.1) is 10.6 Å². The molecule has 1 unspecified atom stereocenters. The first-order valence-corrected chi connectivity index (χ1v) is 15.6. The second-order valence-electron chi connectivity index (χ2n) is 10.8. The van der Waals surface area contributed by atoms with E-state index in [0.717, 1.165) is 6.42 Å². The van der Waals surface area contributed by atoms with Crippen molar-refractivity contribution in [2.45, 2.75) is 68.6 Å². The number of hydroxylamine groups is 2. The maximum Gasteiger partial charge on any atom is 0.278 e. The van der Waals surface area contributed by atoms with Gasteiger partial charge in [0.25, 0.3) is 5.91 Å². The molecule has 1 saturated heterocycles. The number of hydrogen-bond acceptors (Lipinski definition) is 6. The summed E-state index contributed by atoms with van der Waals surface area (Å²) in [4.78, 5) is 30.6. The summed E-state index contributed by atoms with van der Waals surface area (Å²) in [5, 5.41) is 12.0. The Balaban J connectivity index is 1.56. The molecule has 0 bridgehead atoms. The van der Waals surface area contributed by atoms with E-state index in [1.54, 1.807) is 29.2 Å². The van der Waals surface area contributed by atoms with E-state index < -0.39 is 21.8 Å². The molecule has 1 aliphatic heterocycles. The van der Waals surface area contributed by atoms with E-state index in [0.29, 0.717) is 40.5 Å². The first kappa shape index (κ1) is 29.8. The summed E-state index contributed by atoms with van der Waals surface area (Å²) in [7, 11) is -1.61. The molecule has 1 N–H and O–H groups in total. The van der Waals surface area contributed by atoms with Crippen molar-refractivity contribution in [2.24, 2.45) is 5.92 Å². The number of rotatable bonds is 8. The normalized spacial score (nSPS) is 24.0. The predicted molar refractivity (Wildman–Crippen MR) is 151 cm³/mol. The molecule has 2 aromatic carbocycles. The van der Waals surface area contributed by atoms with Crippen LogP contribution in [0.3, 0.4) is 0 Å². The van der Waals surface area contributed by atoms with Crippen LogP contribution in [0.1, 0.15) is 49.9 Å². The van der Waals surface area contributed by atoms with Gasteiger partial charge in [-0.2, -0.15) is 0 Å². The summed E-state index contributed by atoms with van der Waals surface area (Å²) in [5.41, 5.74) is 0.181. The number of sulfone groups is 1. The molecule has 0 spiro atoms.